The fourth-order valence-electron chi connectivity index (χ4n) is 3.28. The second-order valence-corrected chi connectivity index (χ2v) is 7.69. The predicted molar refractivity (Wildman–Crippen MR) is 124 cm³/mol. The molecule has 166 valence electrons. The van der Waals surface area contributed by atoms with Crippen LogP contribution in [0, 0.1) is 5.82 Å². The van der Waals surface area contributed by atoms with E-state index in [0.717, 1.165) is 5.56 Å². The molecule has 6 heteroatoms. The van der Waals surface area contributed by atoms with E-state index in [4.69, 9.17) is 13.9 Å². The van der Waals surface area contributed by atoms with Crippen LogP contribution in [0.15, 0.2) is 88.3 Å². The third kappa shape index (κ3) is 5.18. The van der Waals surface area contributed by atoms with E-state index >= 15 is 0 Å². The number of halogens is 1. The first-order chi connectivity index (χ1) is 15.9. The van der Waals surface area contributed by atoms with Crippen molar-refractivity contribution < 1.29 is 23.1 Å². The number of esters is 1. The van der Waals surface area contributed by atoms with Crippen LogP contribution >= 0.6 is 0 Å². The first-order valence-corrected chi connectivity index (χ1v) is 10.4. The molecule has 0 bridgehead atoms. The molecule has 0 N–H and O–H groups in total. The standard InChI is InChI=1S/C27H21FO5/c1-17(2)21-5-3-4-6-23(21)33-25-16-31-24-15-20(12-13-22(24)27(25)30)32-26(29)14-9-18-7-10-19(28)11-8-18/h3-17H,1-2H3/b14-9+. The Balaban J connectivity index is 1.53. The highest BCUT2D eigenvalue weighted by Crippen LogP contribution is 2.30. The molecule has 3 aromatic carbocycles. The molecular formula is C27H21FO5. The average molecular weight is 444 g/mol. The van der Waals surface area contributed by atoms with Gasteiger partial charge in [0.05, 0.1) is 5.39 Å². The highest BCUT2D eigenvalue weighted by Gasteiger charge is 2.14. The molecule has 0 aliphatic heterocycles. The maximum absolute atomic E-state index is 13.0. The summed E-state index contributed by atoms with van der Waals surface area (Å²) in [5, 5.41) is 0.302. The number of fused-ring (bicyclic) bond motifs is 1. The Bertz CT molecular complexity index is 1380. The van der Waals surface area contributed by atoms with Crippen LogP contribution < -0.4 is 14.9 Å². The molecule has 0 unspecified atom stereocenters. The lowest BCUT2D eigenvalue weighted by atomic mass is 10.0. The molecule has 4 rings (SSSR count). The summed E-state index contributed by atoms with van der Waals surface area (Å²) in [7, 11) is 0. The van der Waals surface area contributed by atoms with Gasteiger partial charge in [0.25, 0.3) is 0 Å². The average Bonchev–Trinajstić information content (AvgIpc) is 2.81. The molecule has 5 nitrogen and oxygen atoms in total. The lowest BCUT2D eigenvalue weighted by Gasteiger charge is -2.13. The monoisotopic (exact) mass is 444 g/mol. The van der Waals surface area contributed by atoms with Gasteiger partial charge < -0.3 is 13.9 Å². The minimum atomic E-state index is -0.619. The van der Waals surface area contributed by atoms with Crippen LogP contribution in [0.5, 0.6) is 17.2 Å². The Morgan fingerprint density at radius 2 is 1.76 bits per heavy atom. The minimum absolute atomic E-state index is 0.0718. The van der Waals surface area contributed by atoms with E-state index in [1.807, 2.05) is 32.0 Å². The van der Waals surface area contributed by atoms with Crippen LogP contribution in [0.25, 0.3) is 17.0 Å². The lowest BCUT2D eigenvalue weighted by molar-refractivity contribution is -0.128. The summed E-state index contributed by atoms with van der Waals surface area (Å²) in [5.74, 6) is 0.137. The molecule has 0 saturated carbocycles. The maximum atomic E-state index is 13.0. The van der Waals surface area contributed by atoms with E-state index in [1.165, 1.54) is 48.7 Å². The van der Waals surface area contributed by atoms with Crippen molar-refractivity contribution in [3.63, 3.8) is 0 Å². The molecule has 0 fully saturated rings. The van der Waals surface area contributed by atoms with Crippen LogP contribution in [0.3, 0.4) is 0 Å². The SMILES string of the molecule is CC(C)c1ccccc1Oc1coc2cc(OC(=O)/C=C/c3ccc(F)cc3)ccc2c1=O. The third-order valence-corrected chi connectivity index (χ3v) is 4.98. The van der Waals surface area contributed by atoms with Gasteiger partial charge in [-0.1, -0.05) is 44.2 Å². The summed E-state index contributed by atoms with van der Waals surface area (Å²) >= 11 is 0. The number of rotatable bonds is 6. The molecule has 0 atom stereocenters. The van der Waals surface area contributed by atoms with Crippen LogP contribution in [0.1, 0.15) is 30.9 Å². The van der Waals surface area contributed by atoms with Gasteiger partial charge in [-0.3, -0.25) is 4.79 Å². The quantitative estimate of drug-likeness (QED) is 0.194. The highest BCUT2D eigenvalue weighted by atomic mass is 19.1. The van der Waals surface area contributed by atoms with Crippen molar-refractivity contribution in [3.05, 3.63) is 106 Å². The molecule has 0 saturated heterocycles. The van der Waals surface area contributed by atoms with Crippen molar-refractivity contribution in [2.24, 2.45) is 0 Å². The van der Waals surface area contributed by atoms with Crippen molar-refractivity contribution in [1.29, 1.82) is 0 Å². The maximum Gasteiger partial charge on any atom is 0.336 e. The number of hydrogen-bond acceptors (Lipinski definition) is 5. The first kappa shape index (κ1) is 22.0. The summed E-state index contributed by atoms with van der Waals surface area (Å²) in [6.07, 6.45) is 4.00. The summed E-state index contributed by atoms with van der Waals surface area (Å²) in [6, 6.07) is 17.7. The number of para-hydroxylation sites is 1. The van der Waals surface area contributed by atoms with Gasteiger partial charge in [-0.25, -0.2) is 9.18 Å². The zero-order chi connectivity index (χ0) is 23.4. The number of ether oxygens (including phenoxy) is 2. The fraction of sp³-hybridized carbons (Fsp3) is 0.111. The zero-order valence-corrected chi connectivity index (χ0v) is 18.1. The number of carbonyl (C=O) groups is 1. The van der Waals surface area contributed by atoms with E-state index in [1.54, 1.807) is 18.2 Å². The zero-order valence-electron chi connectivity index (χ0n) is 18.1. The summed E-state index contributed by atoms with van der Waals surface area (Å²) in [4.78, 5) is 25.0. The Labute approximate surface area is 189 Å². The molecule has 33 heavy (non-hydrogen) atoms. The molecule has 1 aromatic heterocycles. The molecule has 0 aliphatic rings. The van der Waals surface area contributed by atoms with Gasteiger partial charge in [-0.15, -0.1) is 0 Å². The second-order valence-electron chi connectivity index (χ2n) is 7.69. The van der Waals surface area contributed by atoms with Gasteiger partial charge in [0.2, 0.25) is 11.2 Å². The molecular weight excluding hydrogens is 423 g/mol. The fourth-order valence-corrected chi connectivity index (χ4v) is 3.28. The van der Waals surface area contributed by atoms with E-state index in [-0.39, 0.29) is 34.2 Å². The lowest BCUT2D eigenvalue weighted by Crippen LogP contribution is -2.07. The van der Waals surface area contributed by atoms with Gasteiger partial charge in [0.15, 0.2) is 0 Å². The van der Waals surface area contributed by atoms with E-state index in [2.05, 4.69) is 0 Å². The predicted octanol–water partition coefficient (Wildman–Crippen LogP) is 6.47. The van der Waals surface area contributed by atoms with Gasteiger partial charge in [0.1, 0.15) is 29.2 Å². The summed E-state index contributed by atoms with van der Waals surface area (Å²) in [6.45, 7) is 4.09. The van der Waals surface area contributed by atoms with E-state index < -0.39 is 5.97 Å². The molecule has 0 radical (unpaired) electrons. The first-order valence-electron chi connectivity index (χ1n) is 10.4. The Morgan fingerprint density at radius 1 is 1.00 bits per heavy atom. The van der Waals surface area contributed by atoms with Crippen molar-refractivity contribution in [3.8, 4) is 17.2 Å². The minimum Gasteiger partial charge on any atom is -0.460 e. The van der Waals surface area contributed by atoms with E-state index in [0.29, 0.717) is 16.7 Å². The van der Waals surface area contributed by atoms with Crippen LogP contribution in [0.4, 0.5) is 4.39 Å². The summed E-state index contributed by atoms with van der Waals surface area (Å²) < 4.78 is 29.7. The number of hydrogen-bond donors (Lipinski definition) is 0. The molecule has 4 aromatic rings. The smallest absolute Gasteiger partial charge is 0.336 e. The largest absolute Gasteiger partial charge is 0.460 e. The van der Waals surface area contributed by atoms with Gasteiger partial charge >= 0.3 is 5.97 Å². The normalized spacial score (nSPS) is 11.3. The third-order valence-electron chi connectivity index (χ3n) is 4.98. The van der Waals surface area contributed by atoms with Crippen LogP contribution in [0.2, 0.25) is 0 Å². The number of carbonyl (C=O) groups excluding carboxylic acids is 1. The Hall–Kier alpha value is -4.19. The van der Waals surface area contributed by atoms with Gasteiger partial charge in [-0.05, 0) is 53.5 Å². The van der Waals surface area contributed by atoms with Crippen molar-refractivity contribution in [2.75, 3.05) is 0 Å². The molecule has 0 aliphatic carbocycles. The Morgan fingerprint density at radius 3 is 2.52 bits per heavy atom. The van der Waals surface area contributed by atoms with Crippen LogP contribution in [-0.4, -0.2) is 5.97 Å². The second kappa shape index (κ2) is 9.53. The Kier molecular flexibility index (Phi) is 6.36. The highest BCUT2D eigenvalue weighted by molar-refractivity contribution is 5.89. The molecule has 0 spiro atoms. The van der Waals surface area contributed by atoms with Crippen molar-refractivity contribution in [2.45, 2.75) is 19.8 Å². The topological polar surface area (TPSA) is 65.7 Å². The molecule has 0 amide bonds. The van der Waals surface area contributed by atoms with Crippen LogP contribution in [-0.2, 0) is 4.79 Å². The van der Waals surface area contributed by atoms with Gasteiger partial charge in [-0.2, -0.15) is 0 Å². The van der Waals surface area contributed by atoms with Crippen molar-refractivity contribution >= 4 is 23.0 Å². The number of benzene rings is 3. The van der Waals surface area contributed by atoms with Crippen molar-refractivity contribution in [1.82, 2.24) is 0 Å². The summed E-state index contributed by atoms with van der Waals surface area (Å²) in [5.41, 5.74) is 1.57. The van der Waals surface area contributed by atoms with Gasteiger partial charge in [0, 0.05) is 12.1 Å². The molecule has 1 heterocycles. The van der Waals surface area contributed by atoms with E-state index in [9.17, 15) is 14.0 Å².